The highest BCUT2D eigenvalue weighted by Crippen LogP contribution is 2.23. The molecule has 0 aliphatic carbocycles. The van der Waals surface area contributed by atoms with Crippen molar-refractivity contribution in [1.29, 1.82) is 0 Å². The molecule has 1 atom stereocenters. The number of aromatic nitrogens is 1. The molecule has 1 aliphatic rings. The van der Waals surface area contributed by atoms with Crippen LogP contribution in [0, 0.1) is 0 Å². The number of hydrogen-bond donors (Lipinski definition) is 2. The summed E-state index contributed by atoms with van der Waals surface area (Å²) in [6, 6.07) is 3.89. The van der Waals surface area contributed by atoms with Crippen LogP contribution in [0.3, 0.4) is 0 Å². The van der Waals surface area contributed by atoms with E-state index in [4.69, 9.17) is 9.47 Å². The van der Waals surface area contributed by atoms with Gasteiger partial charge in [0.25, 0.3) is 0 Å². The Morgan fingerprint density at radius 3 is 2.83 bits per heavy atom. The standard InChI is InChI=1S/C18H30N4O2/c1-5-19-17(22-13-18(4)9-6-10-23-18)21-12-15-7-8-16(20-11-15)24-14(2)3/h7-8,11,14H,5-6,9-10,12-13H2,1-4H3,(H2,19,21,22). The van der Waals surface area contributed by atoms with Crippen LogP contribution >= 0.6 is 0 Å². The molecule has 134 valence electrons. The van der Waals surface area contributed by atoms with Gasteiger partial charge in [-0.15, -0.1) is 0 Å². The van der Waals surface area contributed by atoms with Gasteiger partial charge in [-0.3, -0.25) is 0 Å². The van der Waals surface area contributed by atoms with Crippen molar-refractivity contribution in [2.24, 2.45) is 4.99 Å². The first-order valence-corrected chi connectivity index (χ1v) is 8.78. The minimum Gasteiger partial charge on any atom is -0.475 e. The second kappa shape index (κ2) is 8.87. The Balaban J connectivity index is 1.89. The van der Waals surface area contributed by atoms with E-state index in [-0.39, 0.29) is 11.7 Å². The first-order valence-electron chi connectivity index (χ1n) is 8.78. The minimum absolute atomic E-state index is 0.0897. The van der Waals surface area contributed by atoms with Crippen LogP contribution in [0.4, 0.5) is 0 Å². The van der Waals surface area contributed by atoms with Crippen molar-refractivity contribution < 1.29 is 9.47 Å². The van der Waals surface area contributed by atoms with E-state index in [1.165, 1.54) is 0 Å². The van der Waals surface area contributed by atoms with E-state index in [1.54, 1.807) is 0 Å². The van der Waals surface area contributed by atoms with Gasteiger partial charge in [0.2, 0.25) is 5.88 Å². The summed E-state index contributed by atoms with van der Waals surface area (Å²) in [6.07, 6.45) is 4.15. The Morgan fingerprint density at radius 2 is 2.25 bits per heavy atom. The lowest BCUT2D eigenvalue weighted by Crippen LogP contribution is -2.45. The summed E-state index contributed by atoms with van der Waals surface area (Å²) in [6.45, 7) is 11.2. The largest absolute Gasteiger partial charge is 0.475 e. The van der Waals surface area contributed by atoms with Crippen molar-refractivity contribution in [1.82, 2.24) is 15.6 Å². The fourth-order valence-corrected chi connectivity index (χ4v) is 2.57. The Hall–Kier alpha value is -1.82. The predicted molar refractivity (Wildman–Crippen MR) is 96.4 cm³/mol. The van der Waals surface area contributed by atoms with Gasteiger partial charge in [0, 0.05) is 32.0 Å². The zero-order valence-electron chi connectivity index (χ0n) is 15.3. The molecule has 1 aromatic heterocycles. The summed E-state index contributed by atoms with van der Waals surface area (Å²) < 4.78 is 11.4. The molecule has 1 aromatic rings. The van der Waals surface area contributed by atoms with Gasteiger partial charge in [-0.25, -0.2) is 9.98 Å². The van der Waals surface area contributed by atoms with Gasteiger partial charge < -0.3 is 20.1 Å². The topological polar surface area (TPSA) is 67.8 Å². The first-order chi connectivity index (χ1) is 11.5. The first kappa shape index (κ1) is 18.5. The molecule has 1 aliphatic heterocycles. The molecule has 2 rings (SSSR count). The van der Waals surface area contributed by atoms with Crippen molar-refractivity contribution >= 4 is 5.96 Å². The number of guanidine groups is 1. The molecule has 24 heavy (non-hydrogen) atoms. The van der Waals surface area contributed by atoms with E-state index in [0.29, 0.717) is 12.4 Å². The monoisotopic (exact) mass is 334 g/mol. The van der Waals surface area contributed by atoms with Gasteiger partial charge in [0.05, 0.1) is 18.2 Å². The number of rotatable bonds is 7. The molecule has 6 nitrogen and oxygen atoms in total. The van der Waals surface area contributed by atoms with Crippen LogP contribution in [0.15, 0.2) is 23.3 Å². The molecule has 0 saturated carbocycles. The number of nitrogens with one attached hydrogen (secondary N) is 2. The molecule has 0 aromatic carbocycles. The summed E-state index contributed by atoms with van der Waals surface area (Å²) >= 11 is 0. The Kier molecular flexibility index (Phi) is 6.85. The molecule has 6 heteroatoms. The molecule has 2 heterocycles. The molecular formula is C18H30N4O2. The van der Waals surface area contributed by atoms with E-state index in [0.717, 1.165) is 44.1 Å². The molecular weight excluding hydrogens is 304 g/mol. The molecule has 1 unspecified atom stereocenters. The smallest absolute Gasteiger partial charge is 0.213 e. The SMILES string of the molecule is CCNC(=NCc1ccc(OC(C)C)nc1)NCC1(C)CCCO1. The van der Waals surface area contributed by atoms with E-state index in [2.05, 4.69) is 34.5 Å². The molecule has 1 fully saturated rings. The van der Waals surface area contributed by atoms with Crippen LogP contribution in [0.25, 0.3) is 0 Å². The predicted octanol–water partition coefficient (Wildman–Crippen LogP) is 2.49. The maximum absolute atomic E-state index is 5.81. The number of nitrogens with zero attached hydrogens (tertiary/aromatic N) is 2. The molecule has 0 bridgehead atoms. The summed E-state index contributed by atoms with van der Waals surface area (Å²) in [7, 11) is 0. The second-order valence-corrected chi connectivity index (χ2v) is 6.62. The summed E-state index contributed by atoms with van der Waals surface area (Å²) in [5.41, 5.74) is 0.958. The van der Waals surface area contributed by atoms with E-state index < -0.39 is 0 Å². The normalized spacial score (nSPS) is 21.1. The average Bonchev–Trinajstić information content (AvgIpc) is 2.98. The van der Waals surface area contributed by atoms with Crippen molar-refractivity contribution in [2.75, 3.05) is 19.7 Å². The van der Waals surface area contributed by atoms with Crippen LogP contribution in [0.1, 0.15) is 46.1 Å². The third-order valence-corrected chi connectivity index (χ3v) is 3.85. The molecule has 0 amide bonds. The van der Waals surface area contributed by atoms with Crippen molar-refractivity contribution in [3.63, 3.8) is 0 Å². The van der Waals surface area contributed by atoms with Gasteiger partial charge in [-0.1, -0.05) is 6.07 Å². The maximum Gasteiger partial charge on any atom is 0.213 e. The third kappa shape index (κ3) is 6.00. The fourth-order valence-electron chi connectivity index (χ4n) is 2.57. The highest BCUT2D eigenvalue weighted by Gasteiger charge is 2.29. The maximum atomic E-state index is 5.81. The highest BCUT2D eigenvalue weighted by atomic mass is 16.5. The van der Waals surface area contributed by atoms with Crippen LogP contribution < -0.4 is 15.4 Å². The van der Waals surface area contributed by atoms with Crippen molar-refractivity contribution in [3.8, 4) is 5.88 Å². The minimum atomic E-state index is -0.0897. The fraction of sp³-hybridized carbons (Fsp3) is 0.667. The third-order valence-electron chi connectivity index (χ3n) is 3.85. The Labute approximate surface area is 145 Å². The molecule has 0 radical (unpaired) electrons. The van der Waals surface area contributed by atoms with Crippen LogP contribution in [0.5, 0.6) is 5.88 Å². The van der Waals surface area contributed by atoms with Gasteiger partial charge in [0.15, 0.2) is 5.96 Å². The van der Waals surface area contributed by atoms with Crippen LogP contribution in [-0.4, -0.2) is 42.3 Å². The zero-order chi connectivity index (χ0) is 17.4. The van der Waals surface area contributed by atoms with Crippen molar-refractivity contribution in [3.05, 3.63) is 23.9 Å². The lowest BCUT2D eigenvalue weighted by molar-refractivity contribution is 0.0243. The van der Waals surface area contributed by atoms with Crippen LogP contribution in [0.2, 0.25) is 0 Å². The van der Waals surface area contributed by atoms with E-state index in [9.17, 15) is 0 Å². The Morgan fingerprint density at radius 1 is 1.42 bits per heavy atom. The van der Waals surface area contributed by atoms with E-state index in [1.807, 2.05) is 32.2 Å². The van der Waals surface area contributed by atoms with Crippen molar-refractivity contribution in [2.45, 2.75) is 58.8 Å². The van der Waals surface area contributed by atoms with Gasteiger partial charge in [-0.2, -0.15) is 0 Å². The van der Waals surface area contributed by atoms with Gasteiger partial charge in [0.1, 0.15) is 0 Å². The van der Waals surface area contributed by atoms with E-state index >= 15 is 0 Å². The molecule has 1 saturated heterocycles. The summed E-state index contributed by atoms with van der Waals surface area (Å²) in [5.74, 6) is 1.45. The highest BCUT2D eigenvalue weighted by molar-refractivity contribution is 5.79. The quantitative estimate of drug-likeness (QED) is 0.592. The summed E-state index contributed by atoms with van der Waals surface area (Å²) in [4.78, 5) is 8.93. The van der Waals surface area contributed by atoms with Gasteiger partial charge >= 0.3 is 0 Å². The lowest BCUT2D eigenvalue weighted by atomic mass is 10.0. The summed E-state index contributed by atoms with van der Waals surface area (Å²) in [5, 5.41) is 6.65. The van der Waals surface area contributed by atoms with Crippen LogP contribution in [-0.2, 0) is 11.3 Å². The number of hydrogen-bond acceptors (Lipinski definition) is 4. The number of aliphatic imine (C=N–C) groups is 1. The Bertz CT molecular complexity index is 522. The lowest BCUT2D eigenvalue weighted by Gasteiger charge is -2.24. The number of ether oxygens (including phenoxy) is 2. The average molecular weight is 334 g/mol. The zero-order valence-corrected chi connectivity index (χ0v) is 15.3. The molecule has 0 spiro atoms. The van der Waals surface area contributed by atoms with Gasteiger partial charge in [-0.05, 0) is 46.1 Å². The second-order valence-electron chi connectivity index (χ2n) is 6.62. The molecule has 2 N–H and O–H groups in total. The number of pyridine rings is 1.